The second kappa shape index (κ2) is 8.73. The number of nitrogens with zero attached hydrogens (tertiary/aromatic N) is 5. The third-order valence-electron chi connectivity index (χ3n) is 5.37. The van der Waals surface area contributed by atoms with Gasteiger partial charge in [-0.2, -0.15) is 5.10 Å². The van der Waals surface area contributed by atoms with Crippen LogP contribution in [0.1, 0.15) is 48.8 Å². The minimum Gasteiger partial charge on any atom is -0.389 e. The topological polar surface area (TPSA) is 144 Å². The Balaban J connectivity index is 1.40. The van der Waals surface area contributed by atoms with Gasteiger partial charge in [-0.1, -0.05) is 0 Å². The summed E-state index contributed by atoms with van der Waals surface area (Å²) in [5.41, 5.74) is 7.74. The predicted octanol–water partition coefficient (Wildman–Crippen LogP) is 1.02. The van der Waals surface area contributed by atoms with Crippen molar-refractivity contribution in [2.24, 2.45) is 5.73 Å². The van der Waals surface area contributed by atoms with Crippen LogP contribution < -0.4 is 16.4 Å². The van der Waals surface area contributed by atoms with E-state index in [1.165, 1.54) is 18.6 Å². The number of piperidine rings is 1. The van der Waals surface area contributed by atoms with E-state index < -0.39 is 11.3 Å². The number of nitrogens with two attached hydrogens (primary N) is 1. The summed E-state index contributed by atoms with van der Waals surface area (Å²) in [6.07, 6.45) is 11.2. The van der Waals surface area contributed by atoms with E-state index >= 15 is 0 Å². The molecule has 4 rings (SSSR count). The van der Waals surface area contributed by atoms with Gasteiger partial charge in [-0.15, -0.1) is 0 Å². The van der Waals surface area contributed by atoms with Crippen molar-refractivity contribution >= 4 is 5.91 Å². The number of hydrogen-bond donors (Lipinski definition) is 4. The van der Waals surface area contributed by atoms with Gasteiger partial charge in [0.1, 0.15) is 11.4 Å². The summed E-state index contributed by atoms with van der Waals surface area (Å²) < 4.78 is 1.71. The fourth-order valence-electron chi connectivity index (χ4n) is 3.80. The molecule has 10 nitrogen and oxygen atoms in total. The van der Waals surface area contributed by atoms with Gasteiger partial charge in [-0.05, 0) is 44.4 Å². The SMILES string of the molecule is CC(C)(O)Cn1cc(-c2cc([C@@H]3CC[C@](N)(NC(=O)c4cnccn4)CN3)ccn2)cn1. The molecule has 168 valence electrons. The zero-order valence-corrected chi connectivity index (χ0v) is 18.2. The van der Waals surface area contributed by atoms with E-state index in [0.717, 1.165) is 23.2 Å². The van der Waals surface area contributed by atoms with E-state index in [4.69, 9.17) is 5.73 Å². The molecule has 0 aliphatic carbocycles. The standard InChI is InChI=1S/C22H28N8O2/c1-21(2,32)14-30-12-16(10-28-30)18-9-15(4-6-25-18)17-3-5-22(23,13-27-17)29-20(31)19-11-24-7-8-26-19/h4,6-12,17,27,32H,3,5,13-14,23H2,1-2H3,(H,29,31)/t17-,22-/m0/s1. The lowest BCUT2D eigenvalue weighted by Gasteiger charge is -2.38. The maximum absolute atomic E-state index is 12.4. The van der Waals surface area contributed by atoms with Gasteiger partial charge < -0.3 is 21.5 Å². The van der Waals surface area contributed by atoms with E-state index in [0.29, 0.717) is 19.5 Å². The largest absolute Gasteiger partial charge is 0.389 e. The molecule has 1 aliphatic rings. The smallest absolute Gasteiger partial charge is 0.272 e. The van der Waals surface area contributed by atoms with Gasteiger partial charge in [0.05, 0.1) is 30.2 Å². The maximum atomic E-state index is 12.4. The molecule has 4 heterocycles. The Morgan fingerprint density at radius 2 is 2.19 bits per heavy atom. The summed E-state index contributed by atoms with van der Waals surface area (Å²) in [4.78, 5) is 24.8. The van der Waals surface area contributed by atoms with E-state index in [-0.39, 0.29) is 17.6 Å². The number of aliphatic hydroxyl groups is 1. The molecule has 0 saturated carbocycles. The van der Waals surface area contributed by atoms with Crippen LogP contribution in [0.15, 0.2) is 49.3 Å². The highest BCUT2D eigenvalue weighted by molar-refractivity contribution is 5.92. The molecule has 0 radical (unpaired) electrons. The number of carbonyl (C=O) groups excluding carboxylic acids is 1. The van der Waals surface area contributed by atoms with Gasteiger partial charge in [-0.25, -0.2) is 4.98 Å². The van der Waals surface area contributed by atoms with Crippen LogP contribution in [0.25, 0.3) is 11.3 Å². The first-order chi connectivity index (χ1) is 15.2. The van der Waals surface area contributed by atoms with Gasteiger partial charge in [0.15, 0.2) is 0 Å². The van der Waals surface area contributed by atoms with Crippen LogP contribution in [-0.4, -0.2) is 53.6 Å². The third-order valence-corrected chi connectivity index (χ3v) is 5.37. The average Bonchev–Trinajstić information content (AvgIpc) is 3.21. The number of carbonyl (C=O) groups is 1. The molecule has 2 atom stereocenters. The molecule has 3 aromatic heterocycles. The molecule has 1 amide bonds. The number of pyridine rings is 1. The first-order valence-corrected chi connectivity index (χ1v) is 10.5. The van der Waals surface area contributed by atoms with Crippen molar-refractivity contribution in [1.29, 1.82) is 0 Å². The van der Waals surface area contributed by atoms with E-state index in [1.807, 2.05) is 18.3 Å². The number of nitrogens with one attached hydrogen (secondary N) is 2. The monoisotopic (exact) mass is 436 g/mol. The molecule has 10 heteroatoms. The van der Waals surface area contributed by atoms with Crippen LogP contribution in [0.3, 0.4) is 0 Å². The van der Waals surface area contributed by atoms with Gasteiger partial charge in [0.25, 0.3) is 5.91 Å². The van der Waals surface area contributed by atoms with Gasteiger partial charge in [0.2, 0.25) is 0 Å². The summed E-state index contributed by atoms with van der Waals surface area (Å²) >= 11 is 0. The summed E-state index contributed by atoms with van der Waals surface area (Å²) in [5.74, 6) is -0.338. The summed E-state index contributed by atoms with van der Waals surface area (Å²) in [7, 11) is 0. The molecule has 0 unspecified atom stereocenters. The van der Waals surface area contributed by atoms with E-state index in [9.17, 15) is 9.90 Å². The van der Waals surface area contributed by atoms with Gasteiger partial charge in [-0.3, -0.25) is 19.4 Å². The molecule has 0 spiro atoms. The predicted molar refractivity (Wildman–Crippen MR) is 118 cm³/mol. The Kier molecular flexibility index (Phi) is 6.00. The molecule has 1 fully saturated rings. The van der Waals surface area contributed by atoms with Crippen molar-refractivity contribution in [2.75, 3.05) is 6.54 Å². The number of aromatic nitrogens is 5. The van der Waals surface area contributed by atoms with Crippen LogP contribution in [-0.2, 0) is 6.54 Å². The van der Waals surface area contributed by atoms with E-state index in [1.54, 1.807) is 30.9 Å². The fraction of sp³-hybridized carbons (Fsp3) is 0.409. The molecule has 0 aromatic carbocycles. The molecular formula is C22H28N8O2. The lowest BCUT2D eigenvalue weighted by atomic mass is 9.91. The summed E-state index contributed by atoms with van der Waals surface area (Å²) in [6, 6.07) is 4.10. The minimum atomic E-state index is -0.862. The average molecular weight is 437 g/mol. The Morgan fingerprint density at radius 1 is 1.34 bits per heavy atom. The third kappa shape index (κ3) is 5.34. The molecule has 3 aromatic rings. The van der Waals surface area contributed by atoms with Crippen LogP contribution in [0, 0.1) is 0 Å². The second-order valence-corrected chi connectivity index (χ2v) is 8.89. The van der Waals surface area contributed by atoms with Crippen molar-refractivity contribution in [3.8, 4) is 11.3 Å². The maximum Gasteiger partial charge on any atom is 0.272 e. The fourth-order valence-corrected chi connectivity index (χ4v) is 3.80. The Morgan fingerprint density at radius 3 is 2.88 bits per heavy atom. The van der Waals surface area contributed by atoms with Gasteiger partial charge >= 0.3 is 0 Å². The van der Waals surface area contributed by atoms with E-state index in [2.05, 4.69) is 30.7 Å². The molecule has 1 aliphatic heterocycles. The summed E-state index contributed by atoms with van der Waals surface area (Å²) in [5, 5.41) is 20.6. The molecule has 0 bridgehead atoms. The normalized spacial score (nSPS) is 21.3. The second-order valence-electron chi connectivity index (χ2n) is 8.89. The van der Waals surface area contributed by atoms with Crippen LogP contribution in [0.2, 0.25) is 0 Å². The quantitative estimate of drug-likeness (QED) is 0.419. The Labute approximate surface area is 186 Å². The first kappa shape index (κ1) is 22.0. The number of amides is 1. The molecular weight excluding hydrogens is 408 g/mol. The molecule has 5 N–H and O–H groups in total. The van der Waals surface area contributed by atoms with Crippen LogP contribution in [0.5, 0.6) is 0 Å². The summed E-state index contributed by atoms with van der Waals surface area (Å²) in [6.45, 7) is 4.31. The van der Waals surface area contributed by atoms with Crippen LogP contribution >= 0.6 is 0 Å². The van der Waals surface area contributed by atoms with Crippen molar-refractivity contribution in [1.82, 2.24) is 35.4 Å². The van der Waals surface area contributed by atoms with Crippen molar-refractivity contribution < 1.29 is 9.90 Å². The highest BCUT2D eigenvalue weighted by Crippen LogP contribution is 2.28. The van der Waals surface area contributed by atoms with Crippen molar-refractivity contribution in [3.05, 3.63) is 60.6 Å². The van der Waals surface area contributed by atoms with Crippen molar-refractivity contribution in [2.45, 2.75) is 50.5 Å². The van der Waals surface area contributed by atoms with Crippen molar-refractivity contribution in [3.63, 3.8) is 0 Å². The number of hydrogen-bond acceptors (Lipinski definition) is 8. The lowest BCUT2D eigenvalue weighted by molar-refractivity contribution is 0.0577. The molecule has 1 saturated heterocycles. The Bertz CT molecular complexity index is 1070. The Hall–Kier alpha value is -3.21. The lowest BCUT2D eigenvalue weighted by Crippen LogP contribution is -2.64. The zero-order valence-electron chi connectivity index (χ0n) is 18.2. The first-order valence-electron chi connectivity index (χ1n) is 10.5. The van der Waals surface area contributed by atoms with Crippen LogP contribution in [0.4, 0.5) is 0 Å². The highest BCUT2D eigenvalue weighted by atomic mass is 16.3. The van der Waals surface area contributed by atoms with Gasteiger partial charge in [0, 0.05) is 42.9 Å². The zero-order chi connectivity index (χ0) is 22.8. The minimum absolute atomic E-state index is 0.0910. The molecule has 32 heavy (non-hydrogen) atoms. The highest BCUT2D eigenvalue weighted by Gasteiger charge is 2.34. The number of rotatable bonds is 6.